The lowest BCUT2D eigenvalue weighted by molar-refractivity contribution is 0.0287. The molecule has 4 nitrogen and oxygen atoms in total. The summed E-state index contributed by atoms with van der Waals surface area (Å²) in [5.41, 5.74) is 2.75. The minimum Gasteiger partial charge on any atom is -0.462 e. The summed E-state index contributed by atoms with van der Waals surface area (Å²) in [6.07, 6.45) is -0.687. The van der Waals surface area contributed by atoms with E-state index in [2.05, 4.69) is 17.4 Å². The minimum atomic E-state index is -0.687. The van der Waals surface area contributed by atoms with Crippen LogP contribution in [0, 0.1) is 5.41 Å². The molecule has 3 rings (SSSR count). The van der Waals surface area contributed by atoms with Gasteiger partial charge in [0, 0.05) is 16.7 Å². The first-order valence-electron chi connectivity index (χ1n) is 8.25. The fourth-order valence-electron chi connectivity index (χ4n) is 3.32. The zero-order chi connectivity index (χ0) is 17.3. The van der Waals surface area contributed by atoms with Gasteiger partial charge in [0.1, 0.15) is 0 Å². The van der Waals surface area contributed by atoms with Gasteiger partial charge < -0.3 is 15.2 Å². The van der Waals surface area contributed by atoms with Gasteiger partial charge >= 0.3 is 5.97 Å². The van der Waals surface area contributed by atoms with Gasteiger partial charge in [0.05, 0.1) is 24.3 Å². The van der Waals surface area contributed by atoms with Gasteiger partial charge in [-0.05, 0) is 30.7 Å². The lowest BCUT2D eigenvalue weighted by Gasteiger charge is -2.45. The second-order valence-electron chi connectivity index (χ2n) is 6.73. The second-order valence-corrected chi connectivity index (χ2v) is 6.73. The van der Waals surface area contributed by atoms with Crippen molar-refractivity contribution in [1.82, 2.24) is 0 Å². The Labute approximate surface area is 142 Å². The Hall–Kier alpha value is -2.33. The van der Waals surface area contributed by atoms with E-state index in [4.69, 9.17) is 4.74 Å². The fourth-order valence-corrected chi connectivity index (χ4v) is 3.32. The molecule has 2 aromatic carbocycles. The van der Waals surface area contributed by atoms with E-state index in [1.54, 1.807) is 19.1 Å². The Kier molecular flexibility index (Phi) is 4.33. The molecule has 2 atom stereocenters. The third-order valence-corrected chi connectivity index (χ3v) is 4.74. The zero-order valence-electron chi connectivity index (χ0n) is 14.2. The van der Waals surface area contributed by atoms with Crippen LogP contribution in [0.4, 0.5) is 5.69 Å². The first-order chi connectivity index (χ1) is 11.4. The molecular formula is C20H23NO3. The molecule has 0 aliphatic carbocycles. The summed E-state index contributed by atoms with van der Waals surface area (Å²) in [5, 5.41) is 14.5. The average molecular weight is 325 g/mol. The first kappa shape index (κ1) is 16.5. The molecule has 24 heavy (non-hydrogen) atoms. The van der Waals surface area contributed by atoms with Gasteiger partial charge in [-0.1, -0.05) is 44.2 Å². The molecule has 0 aromatic heterocycles. The molecule has 1 aliphatic rings. The highest BCUT2D eigenvalue weighted by Crippen LogP contribution is 2.51. The van der Waals surface area contributed by atoms with Crippen LogP contribution >= 0.6 is 0 Å². The van der Waals surface area contributed by atoms with Crippen molar-refractivity contribution in [2.75, 3.05) is 11.9 Å². The number of benzene rings is 2. The molecule has 0 amide bonds. The quantitative estimate of drug-likeness (QED) is 0.835. The fraction of sp³-hybridized carbons (Fsp3) is 0.350. The van der Waals surface area contributed by atoms with Crippen LogP contribution in [0.3, 0.4) is 0 Å². The smallest absolute Gasteiger partial charge is 0.338 e. The number of hydrogen-bond acceptors (Lipinski definition) is 4. The maximum atomic E-state index is 12.0. The van der Waals surface area contributed by atoms with Crippen molar-refractivity contribution >= 4 is 11.7 Å². The van der Waals surface area contributed by atoms with Gasteiger partial charge in [0.2, 0.25) is 0 Å². The number of rotatable bonds is 3. The molecule has 1 heterocycles. The molecule has 126 valence electrons. The summed E-state index contributed by atoms with van der Waals surface area (Å²) < 4.78 is 5.06. The number of carbonyl (C=O) groups excluding carboxylic acids is 1. The lowest BCUT2D eigenvalue weighted by Crippen LogP contribution is -2.38. The summed E-state index contributed by atoms with van der Waals surface area (Å²) in [6.45, 7) is 6.17. The number of aliphatic hydroxyl groups excluding tert-OH is 1. The number of aliphatic hydroxyl groups is 1. The van der Waals surface area contributed by atoms with Crippen LogP contribution in [0.25, 0.3) is 0 Å². The molecule has 0 spiro atoms. The minimum absolute atomic E-state index is 0.0188. The Bertz CT molecular complexity index is 740. The predicted octanol–water partition coefficient (Wildman–Crippen LogP) is 4.09. The molecule has 0 saturated carbocycles. The normalized spacial score (nSPS) is 21.5. The van der Waals surface area contributed by atoms with Crippen LogP contribution in [0.5, 0.6) is 0 Å². The molecule has 0 bridgehead atoms. The Morgan fingerprint density at radius 1 is 1.21 bits per heavy atom. The second kappa shape index (κ2) is 6.29. The van der Waals surface area contributed by atoms with Gasteiger partial charge in [-0.3, -0.25) is 0 Å². The largest absolute Gasteiger partial charge is 0.462 e. The summed E-state index contributed by atoms with van der Waals surface area (Å²) in [6, 6.07) is 15.4. The Balaban J connectivity index is 2.01. The number of esters is 1. The zero-order valence-corrected chi connectivity index (χ0v) is 14.2. The monoisotopic (exact) mass is 325 g/mol. The number of hydrogen-bond donors (Lipinski definition) is 2. The summed E-state index contributed by atoms with van der Waals surface area (Å²) >= 11 is 0. The summed E-state index contributed by atoms with van der Waals surface area (Å²) in [5.74, 6) is -0.365. The van der Waals surface area contributed by atoms with E-state index >= 15 is 0 Å². The van der Waals surface area contributed by atoms with Gasteiger partial charge in [-0.2, -0.15) is 0 Å². The predicted molar refractivity (Wildman–Crippen MR) is 93.9 cm³/mol. The molecule has 0 saturated heterocycles. The van der Waals surface area contributed by atoms with Crippen LogP contribution in [-0.4, -0.2) is 17.7 Å². The maximum absolute atomic E-state index is 12.0. The van der Waals surface area contributed by atoms with Crippen LogP contribution in [-0.2, 0) is 4.74 Å². The van der Waals surface area contributed by atoms with Gasteiger partial charge in [-0.25, -0.2) is 4.79 Å². The molecule has 0 radical (unpaired) electrons. The Morgan fingerprint density at radius 3 is 2.58 bits per heavy atom. The van der Waals surface area contributed by atoms with Gasteiger partial charge in [0.15, 0.2) is 0 Å². The van der Waals surface area contributed by atoms with E-state index in [0.717, 1.165) is 16.8 Å². The average Bonchev–Trinajstić information content (AvgIpc) is 2.59. The first-order valence-corrected chi connectivity index (χ1v) is 8.25. The van der Waals surface area contributed by atoms with Crippen molar-refractivity contribution in [3.8, 4) is 0 Å². The number of fused-ring (bicyclic) bond motifs is 1. The van der Waals surface area contributed by atoms with Crippen molar-refractivity contribution in [2.24, 2.45) is 5.41 Å². The third kappa shape index (κ3) is 2.78. The lowest BCUT2D eigenvalue weighted by atomic mass is 9.70. The molecule has 2 unspecified atom stereocenters. The molecule has 0 fully saturated rings. The van der Waals surface area contributed by atoms with E-state index < -0.39 is 11.5 Å². The maximum Gasteiger partial charge on any atom is 0.338 e. The number of nitrogens with one attached hydrogen (secondary N) is 1. The van der Waals surface area contributed by atoms with Crippen LogP contribution < -0.4 is 5.32 Å². The topological polar surface area (TPSA) is 58.6 Å². The summed E-state index contributed by atoms with van der Waals surface area (Å²) in [4.78, 5) is 12.0. The number of anilines is 1. The van der Waals surface area contributed by atoms with Crippen LogP contribution in [0.1, 0.15) is 54.4 Å². The van der Waals surface area contributed by atoms with E-state index in [1.807, 2.05) is 38.1 Å². The van der Waals surface area contributed by atoms with Crippen molar-refractivity contribution in [2.45, 2.75) is 32.9 Å². The van der Waals surface area contributed by atoms with Gasteiger partial charge in [-0.15, -0.1) is 0 Å². The highest BCUT2D eigenvalue weighted by atomic mass is 16.5. The van der Waals surface area contributed by atoms with Crippen molar-refractivity contribution in [3.05, 3.63) is 65.2 Å². The third-order valence-electron chi connectivity index (χ3n) is 4.74. The number of ether oxygens (including phenoxy) is 1. The molecule has 4 heteroatoms. The van der Waals surface area contributed by atoms with Gasteiger partial charge in [0.25, 0.3) is 0 Å². The molecule has 2 aromatic rings. The van der Waals surface area contributed by atoms with E-state index in [1.165, 1.54) is 0 Å². The Morgan fingerprint density at radius 2 is 1.92 bits per heavy atom. The van der Waals surface area contributed by atoms with Crippen molar-refractivity contribution in [1.29, 1.82) is 0 Å². The molecular weight excluding hydrogens is 302 g/mol. The molecule has 1 aliphatic heterocycles. The van der Waals surface area contributed by atoms with Crippen LogP contribution in [0.15, 0.2) is 48.5 Å². The van der Waals surface area contributed by atoms with Crippen LogP contribution in [0.2, 0.25) is 0 Å². The van der Waals surface area contributed by atoms with E-state index in [-0.39, 0.29) is 12.0 Å². The van der Waals surface area contributed by atoms with Crippen molar-refractivity contribution in [3.63, 3.8) is 0 Å². The van der Waals surface area contributed by atoms with E-state index in [0.29, 0.717) is 12.2 Å². The SMILES string of the molecule is CCOC(=O)c1ccc2c(c1)C(O)C(C)(C)C(c1ccccc1)N2. The molecule has 2 N–H and O–H groups in total. The highest BCUT2D eigenvalue weighted by molar-refractivity contribution is 5.90. The summed E-state index contributed by atoms with van der Waals surface area (Å²) in [7, 11) is 0. The van der Waals surface area contributed by atoms with Crippen molar-refractivity contribution < 1.29 is 14.6 Å². The van der Waals surface area contributed by atoms with E-state index in [9.17, 15) is 9.90 Å². The number of carbonyl (C=O) groups is 1. The highest BCUT2D eigenvalue weighted by Gasteiger charge is 2.43. The standard InChI is InChI=1S/C20H23NO3/c1-4-24-19(23)14-10-11-16-15(12-14)18(22)20(2,3)17(21-16)13-8-6-5-7-9-13/h5-12,17-18,21-22H,4H2,1-3H3.